The molecule has 0 aromatic heterocycles. The standard InChI is InChI=1S/C12H21N3O5/c1-11(2,3)20-9(17)14-12(8(13)16)5-4-6-15(7-12)10(18)19/h4-7H2,1-3H3,(H2,13,16)(H,14,17)(H,18,19). The fourth-order valence-corrected chi connectivity index (χ4v) is 2.08. The number of hydrogen-bond donors (Lipinski definition) is 3. The molecule has 0 radical (unpaired) electrons. The van der Waals surface area contributed by atoms with Gasteiger partial charge in [0.25, 0.3) is 0 Å². The van der Waals surface area contributed by atoms with Gasteiger partial charge in [-0.2, -0.15) is 0 Å². The maximum absolute atomic E-state index is 11.8. The van der Waals surface area contributed by atoms with Gasteiger partial charge in [-0.05, 0) is 33.6 Å². The van der Waals surface area contributed by atoms with Crippen LogP contribution in [0.5, 0.6) is 0 Å². The summed E-state index contributed by atoms with van der Waals surface area (Å²) in [7, 11) is 0. The molecule has 1 heterocycles. The lowest BCUT2D eigenvalue weighted by atomic mass is 9.88. The first-order valence-corrected chi connectivity index (χ1v) is 6.35. The number of likely N-dealkylation sites (tertiary alicyclic amines) is 1. The Bertz CT molecular complexity index is 418. The van der Waals surface area contributed by atoms with Gasteiger partial charge in [0.15, 0.2) is 0 Å². The number of nitrogens with two attached hydrogens (primary N) is 1. The number of carbonyl (C=O) groups is 3. The van der Waals surface area contributed by atoms with Crippen LogP contribution in [-0.2, 0) is 9.53 Å². The van der Waals surface area contributed by atoms with Crippen LogP contribution in [0.3, 0.4) is 0 Å². The van der Waals surface area contributed by atoms with Gasteiger partial charge in [0.05, 0.1) is 6.54 Å². The van der Waals surface area contributed by atoms with Crippen molar-refractivity contribution in [1.82, 2.24) is 10.2 Å². The zero-order valence-electron chi connectivity index (χ0n) is 11.9. The summed E-state index contributed by atoms with van der Waals surface area (Å²) in [5.74, 6) is -0.769. The van der Waals surface area contributed by atoms with Crippen LogP contribution in [-0.4, -0.2) is 52.3 Å². The molecule has 0 aromatic rings. The van der Waals surface area contributed by atoms with Crippen molar-refractivity contribution in [2.45, 2.75) is 44.8 Å². The van der Waals surface area contributed by atoms with E-state index in [4.69, 9.17) is 15.6 Å². The number of alkyl carbamates (subject to hydrolysis) is 1. The molecule has 0 aliphatic carbocycles. The van der Waals surface area contributed by atoms with Crippen molar-refractivity contribution < 1.29 is 24.2 Å². The normalized spacial score (nSPS) is 23.1. The number of nitrogens with one attached hydrogen (secondary N) is 1. The number of nitrogens with zero attached hydrogens (tertiary/aromatic N) is 1. The van der Waals surface area contributed by atoms with Crippen LogP contribution in [0.2, 0.25) is 0 Å². The Labute approximate surface area is 117 Å². The molecular formula is C12H21N3O5. The highest BCUT2D eigenvalue weighted by molar-refractivity contribution is 5.89. The molecule has 3 amide bonds. The number of ether oxygens (including phenoxy) is 1. The van der Waals surface area contributed by atoms with E-state index in [1.165, 1.54) is 0 Å². The van der Waals surface area contributed by atoms with E-state index in [9.17, 15) is 14.4 Å². The first-order valence-electron chi connectivity index (χ1n) is 6.35. The van der Waals surface area contributed by atoms with Crippen LogP contribution in [0.1, 0.15) is 33.6 Å². The number of hydrogen-bond acceptors (Lipinski definition) is 4. The topological polar surface area (TPSA) is 122 Å². The van der Waals surface area contributed by atoms with Gasteiger partial charge in [0.2, 0.25) is 5.91 Å². The minimum absolute atomic E-state index is 0.170. The lowest BCUT2D eigenvalue weighted by Gasteiger charge is -2.39. The summed E-state index contributed by atoms with van der Waals surface area (Å²) in [6, 6.07) is 0. The molecule has 1 atom stereocenters. The summed E-state index contributed by atoms with van der Waals surface area (Å²) in [6.45, 7) is 5.20. The van der Waals surface area contributed by atoms with Gasteiger partial charge in [-0.3, -0.25) is 4.79 Å². The summed E-state index contributed by atoms with van der Waals surface area (Å²) in [4.78, 5) is 35.6. The molecule has 8 nitrogen and oxygen atoms in total. The molecule has 1 rings (SSSR count). The SMILES string of the molecule is CC(C)(C)OC(=O)NC1(C(N)=O)CCCN(C(=O)O)C1. The monoisotopic (exact) mass is 287 g/mol. The second kappa shape index (κ2) is 5.56. The predicted octanol–water partition coefficient (Wildman–Crippen LogP) is 0.509. The van der Waals surface area contributed by atoms with Crippen molar-refractivity contribution in [2.75, 3.05) is 13.1 Å². The van der Waals surface area contributed by atoms with Crippen LogP contribution in [0.4, 0.5) is 9.59 Å². The van der Waals surface area contributed by atoms with Crippen molar-refractivity contribution in [3.8, 4) is 0 Å². The van der Waals surface area contributed by atoms with Crippen molar-refractivity contribution in [1.29, 1.82) is 0 Å². The fraction of sp³-hybridized carbons (Fsp3) is 0.750. The van der Waals surface area contributed by atoms with Crippen LogP contribution in [0.15, 0.2) is 0 Å². The van der Waals surface area contributed by atoms with E-state index in [0.29, 0.717) is 13.0 Å². The van der Waals surface area contributed by atoms with E-state index in [1.807, 2.05) is 0 Å². The molecule has 1 fully saturated rings. The first-order chi connectivity index (χ1) is 9.06. The van der Waals surface area contributed by atoms with Crippen molar-refractivity contribution in [3.05, 3.63) is 0 Å². The summed E-state index contributed by atoms with van der Waals surface area (Å²) in [6.07, 6.45) is -1.22. The number of primary amides is 1. The average molecular weight is 287 g/mol. The largest absolute Gasteiger partial charge is 0.465 e. The highest BCUT2D eigenvalue weighted by Crippen LogP contribution is 2.22. The van der Waals surface area contributed by atoms with Gasteiger partial charge in [-0.1, -0.05) is 0 Å². The minimum Gasteiger partial charge on any atom is -0.465 e. The highest BCUT2D eigenvalue weighted by atomic mass is 16.6. The molecule has 4 N–H and O–H groups in total. The number of carboxylic acid groups (broad SMARTS) is 1. The highest BCUT2D eigenvalue weighted by Gasteiger charge is 2.44. The van der Waals surface area contributed by atoms with Gasteiger partial charge < -0.3 is 25.8 Å². The van der Waals surface area contributed by atoms with E-state index in [2.05, 4.69) is 5.32 Å². The summed E-state index contributed by atoms with van der Waals surface area (Å²) < 4.78 is 5.09. The summed E-state index contributed by atoms with van der Waals surface area (Å²) in [5.41, 5.74) is 3.21. The summed E-state index contributed by atoms with van der Waals surface area (Å²) >= 11 is 0. The molecule has 1 aliphatic rings. The van der Waals surface area contributed by atoms with Crippen LogP contribution in [0.25, 0.3) is 0 Å². The Balaban J connectivity index is 2.85. The number of carbonyl (C=O) groups excluding carboxylic acids is 2. The molecule has 1 aliphatic heterocycles. The maximum Gasteiger partial charge on any atom is 0.408 e. The molecule has 1 unspecified atom stereocenters. The van der Waals surface area contributed by atoms with Crippen LogP contribution < -0.4 is 11.1 Å². The van der Waals surface area contributed by atoms with E-state index in [-0.39, 0.29) is 13.0 Å². The lowest BCUT2D eigenvalue weighted by Crippen LogP contribution is -2.66. The molecule has 0 aromatic carbocycles. The van der Waals surface area contributed by atoms with Gasteiger partial charge in [0.1, 0.15) is 11.1 Å². The lowest BCUT2D eigenvalue weighted by molar-refractivity contribution is -0.126. The summed E-state index contributed by atoms with van der Waals surface area (Å²) in [5, 5.41) is 11.4. The van der Waals surface area contributed by atoms with Crippen LogP contribution in [0, 0.1) is 0 Å². The Morgan fingerprint density at radius 2 is 1.95 bits per heavy atom. The predicted molar refractivity (Wildman–Crippen MR) is 70.1 cm³/mol. The molecule has 0 spiro atoms. The number of rotatable bonds is 2. The maximum atomic E-state index is 11.8. The number of amides is 3. The van der Waals surface area contributed by atoms with Crippen molar-refractivity contribution >= 4 is 18.1 Å². The Kier molecular flexibility index (Phi) is 4.46. The molecule has 20 heavy (non-hydrogen) atoms. The third-order valence-electron chi connectivity index (χ3n) is 2.97. The first kappa shape index (κ1) is 16.1. The molecule has 1 saturated heterocycles. The molecule has 0 bridgehead atoms. The van der Waals surface area contributed by atoms with Crippen molar-refractivity contribution in [2.24, 2.45) is 5.73 Å². The number of piperidine rings is 1. The van der Waals surface area contributed by atoms with E-state index < -0.39 is 29.2 Å². The average Bonchev–Trinajstić information content (AvgIpc) is 2.26. The van der Waals surface area contributed by atoms with E-state index in [1.54, 1.807) is 20.8 Å². The zero-order valence-corrected chi connectivity index (χ0v) is 11.9. The minimum atomic E-state index is -1.42. The second-order valence-corrected chi connectivity index (χ2v) is 5.88. The molecule has 0 saturated carbocycles. The van der Waals surface area contributed by atoms with Gasteiger partial charge in [-0.25, -0.2) is 9.59 Å². The molecular weight excluding hydrogens is 266 g/mol. The Hall–Kier alpha value is -1.99. The van der Waals surface area contributed by atoms with E-state index in [0.717, 1.165) is 4.90 Å². The quantitative estimate of drug-likeness (QED) is 0.683. The fourth-order valence-electron chi connectivity index (χ4n) is 2.08. The van der Waals surface area contributed by atoms with Crippen LogP contribution >= 0.6 is 0 Å². The van der Waals surface area contributed by atoms with Gasteiger partial charge in [0, 0.05) is 6.54 Å². The third kappa shape index (κ3) is 4.01. The Morgan fingerprint density at radius 3 is 2.40 bits per heavy atom. The van der Waals surface area contributed by atoms with E-state index >= 15 is 0 Å². The Morgan fingerprint density at radius 1 is 1.35 bits per heavy atom. The molecule has 8 heteroatoms. The smallest absolute Gasteiger partial charge is 0.408 e. The van der Waals surface area contributed by atoms with Gasteiger partial charge in [-0.15, -0.1) is 0 Å². The second-order valence-electron chi connectivity index (χ2n) is 5.88. The molecule has 114 valence electrons. The zero-order chi connectivity index (χ0) is 15.6. The van der Waals surface area contributed by atoms with Crippen molar-refractivity contribution in [3.63, 3.8) is 0 Å². The van der Waals surface area contributed by atoms with Gasteiger partial charge >= 0.3 is 12.2 Å². The third-order valence-corrected chi connectivity index (χ3v) is 2.97.